The summed E-state index contributed by atoms with van der Waals surface area (Å²) in [6.45, 7) is 1.26. The maximum absolute atomic E-state index is 10.9. The molecule has 2 N–H and O–H groups in total. The molecule has 0 aromatic carbocycles. The van der Waals surface area contributed by atoms with Gasteiger partial charge in [0.2, 0.25) is 0 Å². The molecule has 0 amide bonds. The van der Waals surface area contributed by atoms with E-state index >= 15 is 0 Å². The third-order valence-corrected chi connectivity index (χ3v) is 3.59. The largest absolute Gasteiger partial charge is 0.381 e. The van der Waals surface area contributed by atoms with Crippen LogP contribution in [0.1, 0.15) is 19.3 Å². The lowest BCUT2D eigenvalue weighted by molar-refractivity contribution is 0.0640. The molecule has 0 spiro atoms. The third kappa shape index (κ3) is 3.39. The lowest BCUT2D eigenvalue weighted by Gasteiger charge is -2.23. The predicted molar refractivity (Wildman–Crippen MR) is 49.6 cm³/mol. The smallest absolute Gasteiger partial charge is 0.342 e. The summed E-state index contributed by atoms with van der Waals surface area (Å²) in [6.07, 6.45) is 1.86. The molecule has 14 heavy (non-hydrogen) atoms. The minimum absolute atomic E-state index is 0.209. The Bertz CT molecular complexity index is 263. The lowest BCUT2D eigenvalue weighted by atomic mass is 9.95. The topological polar surface area (TPSA) is 90.5 Å². The summed E-state index contributed by atoms with van der Waals surface area (Å²) in [6, 6.07) is 1.69. The number of nitrogens with zero attached hydrogens (tertiary/aromatic N) is 1. The summed E-state index contributed by atoms with van der Waals surface area (Å²) in [7, 11) is -4.24. The monoisotopic (exact) mass is 219 g/mol. The van der Waals surface area contributed by atoms with Crippen molar-refractivity contribution in [2.24, 2.45) is 5.92 Å². The molecule has 6 heteroatoms. The first-order chi connectivity index (χ1) is 6.54. The Balaban J connectivity index is 2.48. The maximum atomic E-state index is 10.9. The Morgan fingerprint density at radius 2 is 2.07 bits per heavy atom. The highest BCUT2D eigenvalue weighted by Gasteiger charge is 2.31. The Hall–Kier alpha value is -0.400. The third-order valence-electron chi connectivity index (χ3n) is 2.45. The second kappa shape index (κ2) is 4.90. The van der Waals surface area contributed by atoms with Gasteiger partial charge in [-0.1, -0.05) is 0 Å². The van der Waals surface area contributed by atoms with Gasteiger partial charge in [-0.3, -0.25) is 4.57 Å². The van der Waals surface area contributed by atoms with Gasteiger partial charge >= 0.3 is 7.60 Å². The first-order valence-electron chi connectivity index (χ1n) is 4.56. The van der Waals surface area contributed by atoms with Gasteiger partial charge in [0.15, 0.2) is 0 Å². The van der Waals surface area contributed by atoms with Crippen LogP contribution in [0.25, 0.3) is 0 Å². The van der Waals surface area contributed by atoms with Crippen molar-refractivity contribution in [2.45, 2.75) is 24.9 Å². The van der Waals surface area contributed by atoms with Gasteiger partial charge in [-0.15, -0.1) is 0 Å². The SMILES string of the molecule is N#CC(CC1CCOCC1)P(=O)(O)O. The van der Waals surface area contributed by atoms with Crippen LogP contribution >= 0.6 is 7.60 Å². The Morgan fingerprint density at radius 1 is 1.50 bits per heavy atom. The van der Waals surface area contributed by atoms with Crippen LogP contribution in [-0.2, 0) is 9.30 Å². The second-order valence-electron chi connectivity index (χ2n) is 3.53. The molecule has 1 saturated heterocycles. The van der Waals surface area contributed by atoms with Crippen molar-refractivity contribution in [2.75, 3.05) is 13.2 Å². The molecule has 0 saturated carbocycles. The minimum Gasteiger partial charge on any atom is -0.381 e. The number of ether oxygens (including phenoxy) is 1. The van der Waals surface area contributed by atoms with Crippen molar-refractivity contribution in [1.29, 1.82) is 5.26 Å². The van der Waals surface area contributed by atoms with Crippen molar-refractivity contribution in [3.05, 3.63) is 0 Å². The molecule has 1 aliphatic rings. The number of rotatable bonds is 3. The maximum Gasteiger partial charge on any atom is 0.342 e. The van der Waals surface area contributed by atoms with E-state index in [1.54, 1.807) is 6.07 Å². The lowest BCUT2D eigenvalue weighted by Crippen LogP contribution is -2.20. The van der Waals surface area contributed by atoms with Gasteiger partial charge in [0, 0.05) is 13.2 Å². The quantitative estimate of drug-likeness (QED) is 0.687. The summed E-state index contributed by atoms with van der Waals surface area (Å²) in [4.78, 5) is 17.7. The molecule has 0 aliphatic carbocycles. The zero-order chi connectivity index (χ0) is 10.6. The van der Waals surface area contributed by atoms with Crippen LogP contribution in [0, 0.1) is 17.2 Å². The zero-order valence-corrected chi connectivity index (χ0v) is 8.69. The fraction of sp³-hybridized carbons (Fsp3) is 0.875. The molecule has 1 aliphatic heterocycles. The van der Waals surface area contributed by atoms with Crippen LogP contribution in [0.2, 0.25) is 0 Å². The molecule has 0 aromatic rings. The Morgan fingerprint density at radius 3 is 2.50 bits per heavy atom. The molecule has 1 atom stereocenters. The summed E-state index contributed by atoms with van der Waals surface area (Å²) >= 11 is 0. The van der Waals surface area contributed by atoms with E-state index in [0.717, 1.165) is 12.8 Å². The van der Waals surface area contributed by atoms with E-state index in [4.69, 9.17) is 19.8 Å². The van der Waals surface area contributed by atoms with Crippen LogP contribution in [0.4, 0.5) is 0 Å². The molecule has 0 aromatic heterocycles. The molecular weight excluding hydrogens is 205 g/mol. The standard InChI is InChI=1S/C8H14NO4P/c9-6-8(14(10,11)12)5-7-1-3-13-4-2-7/h7-8H,1-5H2,(H2,10,11,12). The molecule has 1 rings (SSSR count). The van der Waals surface area contributed by atoms with Crippen LogP contribution in [0.15, 0.2) is 0 Å². The van der Waals surface area contributed by atoms with E-state index in [1.807, 2.05) is 0 Å². The van der Waals surface area contributed by atoms with Gasteiger partial charge < -0.3 is 14.5 Å². The van der Waals surface area contributed by atoms with Crippen molar-refractivity contribution in [3.8, 4) is 6.07 Å². The number of nitriles is 1. The van der Waals surface area contributed by atoms with E-state index in [0.29, 0.717) is 13.2 Å². The van der Waals surface area contributed by atoms with Crippen molar-refractivity contribution in [3.63, 3.8) is 0 Å². The summed E-state index contributed by atoms with van der Waals surface area (Å²) in [5.74, 6) is 0.209. The van der Waals surface area contributed by atoms with Crippen molar-refractivity contribution < 1.29 is 19.1 Å². The van der Waals surface area contributed by atoms with E-state index in [-0.39, 0.29) is 12.3 Å². The van der Waals surface area contributed by atoms with E-state index in [1.165, 1.54) is 0 Å². The van der Waals surface area contributed by atoms with E-state index < -0.39 is 13.3 Å². The number of hydrogen-bond donors (Lipinski definition) is 2. The highest BCUT2D eigenvalue weighted by Crippen LogP contribution is 2.44. The van der Waals surface area contributed by atoms with Crippen LogP contribution in [0.5, 0.6) is 0 Å². The zero-order valence-electron chi connectivity index (χ0n) is 7.80. The van der Waals surface area contributed by atoms with Gasteiger partial charge in [-0.2, -0.15) is 5.26 Å². The van der Waals surface area contributed by atoms with Crippen molar-refractivity contribution >= 4 is 7.60 Å². The molecule has 5 nitrogen and oxygen atoms in total. The van der Waals surface area contributed by atoms with Crippen LogP contribution in [0.3, 0.4) is 0 Å². The molecule has 1 unspecified atom stereocenters. The van der Waals surface area contributed by atoms with Gasteiger partial charge in [0.05, 0.1) is 6.07 Å². The first kappa shape index (κ1) is 11.7. The van der Waals surface area contributed by atoms with Gasteiger partial charge in [0.25, 0.3) is 0 Å². The highest BCUT2D eigenvalue weighted by molar-refractivity contribution is 7.52. The van der Waals surface area contributed by atoms with E-state index in [9.17, 15) is 4.57 Å². The van der Waals surface area contributed by atoms with Crippen LogP contribution < -0.4 is 0 Å². The van der Waals surface area contributed by atoms with Gasteiger partial charge in [-0.25, -0.2) is 0 Å². The van der Waals surface area contributed by atoms with Gasteiger partial charge in [0.1, 0.15) is 5.66 Å². The molecule has 1 fully saturated rings. The predicted octanol–water partition coefficient (Wildman–Crippen LogP) is 0.873. The highest BCUT2D eigenvalue weighted by atomic mass is 31.2. The van der Waals surface area contributed by atoms with Crippen LogP contribution in [-0.4, -0.2) is 28.7 Å². The summed E-state index contributed by atoms with van der Waals surface area (Å²) in [5.41, 5.74) is -1.15. The first-order valence-corrected chi connectivity index (χ1v) is 6.24. The number of hydrogen-bond acceptors (Lipinski definition) is 3. The normalized spacial score (nSPS) is 21.5. The fourth-order valence-corrected chi connectivity index (χ4v) is 2.29. The molecule has 0 radical (unpaired) electrons. The Labute approximate surface area is 82.8 Å². The minimum atomic E-state index is -4.24. The molecular formula is C8H14NO4P. The second-order valence-corrected chi connectivity index (χ2v) is 5.33. The summed E-state index contributed by atoms with van der Waals surface area (Å²) in [5, 5.41) is 8.62. The molecule has 80 valence electrons. The summed E-state index contributed by atoms with van der Waals surface area (Å²) < 4.78 is 16.0. The average molecular weight is 219 g/mol. The fourth-order valence-electron chi connectivity index (χ4n) is 1.56. The van der Waals surface area contributed by atoms with Crippen molar-refractivity contribution in [1.82, 2.24) is 0 Å². The van der Waals surface area contributed by atoms with E-state index in [2.05, 4.69) is 0 Å². The molecule has 0 bridgehead atoms. The van der Waals surface area contributed by atoms with Gasteiger partial charge in [-0.05, 0) is 25.2 Å². The average Bonchev–Trinajstić information content (AvgIpc) is 2.14. The molecule has 1 heterocycles. The Kier molecular flexibility index (Phi) is 4.09.